The lowest BCUT2D eigenvalue weighted by molar-refractivity contribution is 0.938. The highest BCUT2D eigenvalue weighted by Crippen LogP contribution is 2.26. The molecule has 214 valence electrons. The Morgan fingerprint density at radius 1 is 0.386 bits per heavy atom. The first-order valence-electron chi connectivity index (χ1n) is 15.6. The zero-order valence-electron chi connectivity index (χ0n) is 25.4. The molecule has 0 unspecified atom stereocenters. The SMILES string of the molecule is Cc1cc(CCc2ccc(CCc3cc(C)cc(-c4ccc5ccccc5n4)c3)cc2)cc(-c2ccc3ccccc3n2)c1. The van der Waals surface area contributed by atoms with Crippen molar-refractivity contribution >= 4 is 21.8 Å². The van der Waals surface area contributed by atoms with E-state index in [1.165, 1.54) is 55.3 Å². The minimum absolute atomic E-state index is 1.01. The molecule has 0 saturated carbocycles. The Labute approximate surface area is 260 Å². The largest absolute Gasteiger partial charge is 0.248 e. The number of rotatable bonds is 8. The fraction of sp³-hybridized carbons (Fsp3) is 0.143. The highest BCUT2D eigenvalue weighted by Gasteiger charge is 2.08. The Hall–Kier alpha value is -5.08. The Kier molecular flexibility index (Phi) is 7.73. The van der Waals surface area contributed by atoms with Gasteiger partial charge in [0.05, 0.1) is 22.4 Å². The highest BCUT2D eigenvalue weighted by molar-refractivity contribution is 5.82. The molecule has 5 aromatic carbocycles. The van der Waals surface area contributed by atoms with Gasteiger partial charge in [-0.2, -0.15) is 0 Å². The predicted molar refractivity (Wildman–Crippen MR) is 185 cm³/mol. The maximum absolute atomic E-state index is 4.93. The molecule has 2 nitrogen and oxygen atoms in total. The Morgan fingerprint density at radius 3 is 1.25 bits per heavy atom. The average Bonchev–Trinajstić information content (AvgIpc) is 3.06. The zero-order chi connectivity index (χ0) is 29.9. The molecule has 0 spiro atoms. The minimum atomic E-state index is 1.01. The molecular weight excluding hydrogens is 532 g/mol. The number of fused-ring (bicyclic) bond motifs is 2. The average molecular weight is 569 g/mol. The lowest BCUT2D eigenvalue weighted by Crippen LogP contribution is -1.96. The monoisotopic (exact) mass is 568 g/mol. The zero-order valence-corrected chi connectivity index (χ0v) is 25.4. The van der Waals surface area contributed by atoms with Crippen molar-refractivity contribution < 1.29 is 0 Å². The molecular formula is C42H36N2. The fourth-order valence-corrected chi connectivity index (χ4v) is 6.21. The number of hydrogen-bond donors (Lipinski definition) is 0. The molecule has 2 heterocycles. The van der Waals surface area contributed by atoms with Crippen LogP contribution in [-0.2, 0) is 25.7 Å². The van der Waals surface area contributed by atoms with Gasteiger partial charge in [0, 0.05) is 21.9 Å². The van der Waals surface area contributed by atoms with Gasteiger partial charge in [-0.05, 0) is 110 Å². The van der Waals surface area contributed by atoms with Crippen molar-refractivity contribution in [3.8, 4) is 22.5 Å². The first-order valence-corrected chi connectivity index (χ1v) is 15.6. The summed E-state index contributed by atoms with van der Waals surface area (Å²) in [7, 11) is 0. The summed E-state index contributed by atoms with van der Waals surface area (Å²) in [4.78, 5) is 9.86. The first-order chi connectivity index (χ1) is 21.6. The number of nitrogens with zero attached hydrogens (tertiary/aromatic N) is 2. The van der Waals surface area contributed by atoms with Crippen LogP contribution in [0.2, 0.25) is 0 Å². The first kappa shape index (κ1) is 27.7. The third kappa shape index (κ3) is 6.31. The van der Waals surface area contributed by atoms with E-state index in [4.69, 9.17) is 9.97 Å². The lowest BCUT2D eigenvalue weighted by atomic mass is 9.96. The lowest BCUT2D eigenvalue weighted by Gasteiger charge is -2.10. The molecule has 0 saturated heterocycles. The predicted octanol–water partition coefficient (Wildman–Crippen LogP) is 10.3. The van der Waals surface area contributed by atoms with Gasteiger partial charge in [0.15, 0.2) is 0 Å². The van der Waals surface area contributed by atoms with Crippen molar-refractivity contribution in [3.63, 3.8) is 0 Å². The molecule has 0 fully saturated rings. The van der Waals surface area contributed by atoms with E-state index in [1.807, 2.05) is 0 Å². The van der Waals surface area contributed by atoms with Crippen LogP contribution in [0.4, 0.5) is 0 Å². The summed E-state index contributed by atoms with van der Waals surface area (Å²) in [5, 5.41) is 2.35. The minimum Gasteiger partial charge on any atom is -0.248 e. The number of hydrogen-bond acceptors (Lipinski definition) is 2. The third-order valence-corrected chi connectivity index (χ3v) is 8.49. The second kappa shape index (κ2) is 12.3. The van der Waals surface area contributed by atoms with Crippen LogP contribution < -0.4 is 0 Å². The number of para-hydroxylation sites is 2. The second-order valence-electron chi connectivity index (χ2n) is 12.0. The maximum atomic E-state index is 4.93. The molecule has 0 N–H and O–H groups in total. The normalized spacial score (nSPS) is 11.3. The number of aryl methyl sites for hydroxylation is 6. The Balaban J connectivity index is 0.999. The van der Waals surface area contributed by atoms with E-state index in [0.717, 1.165) is 48.1 Å². The van der Waals surface area contributed by atoms with Crippen LogP contribution in [0.25, 0.3) is 44.3 Å². The summed E-state index contributed by atoms with van der Waals surface area (Å²) in [5.74, 6) is 0. The quantitative estimate of drug-likeness (QED) is 0.182. The van der Waals surface area contributed by atoms with Gasteiger partial charge in [0.25, 0.3) is 0 Å². The van der Waals surface area contributed by atoms with Crippen LogP contribution in [0.15, 0.2) is 133 Å². The van der Waals surface area contributed by atoms with Crippen molar-refractivity contribution in [1.82, 2.24) is 9.97 Å². The molecule has 2 aromatic heterocycles. The number of aromatic nitrogens is 2. The van der Waals surface area contributed by atoms with E-state index in [2.05, 4.69) is 147 Å². The molecule has 0 aliphatic rings. The topological polar surface area (TPSA) is 25.8 Å². The summed E-state index contributed by atoms with van der Waals surface area (Å²) in [6, 6.07) is 48.2. The standard InChI is InChI=1S/C42H36N2/c1-29-23-33(27-37(25-29)41-21-19-35-7-3-5-9-39(35)43-41)17-15-31-11-13-32(14-12-31)16-18-34-24-30(2)26-38(28-34)42-22-20-36-8-4-6-10-40(36)44-42/h3-14,19-28H,15-18H2,1-2H3. The summed E-state index contributed by atoms with van der Waals surface area (Å²) in [6.45, 7) is 4.36. The second-order valence-corrected chi connectivity index (χ2v) is 12.0. The Morgan fingerprint density at radius 2 is 0.795 bits per heavy atom. The van der Waals surface area contributed by atoms with Crippen LogP contribution in [-0.4, -0.2) is 9.97 Å². The molecule has 44 heavy (non-hydrogen) atoms. The fourth-order valence-electron chi connectivity index (χ4n) is 6.21. The molecule has 0 aliphatic carbocycles. The molecule has 7 rings (SSSR count). The smallest absolute Gasteiger partial charge is 0.0709 e. The van der Waals surface area contributed by atoms with Crippen molar-refractivity contribution in [2.75, 3.05) is 0 Å². The molecule has 0 aliphatic heterocycles. The van der Waals surface area contributed by atoms with Gasteiger partial charge in [-0.25, -0.2) is 9.97 Å². The molecule has 0 amide bonds. The number of pyridine rings is 2. The summed E-state index contributed by atoms with van der Waals surface area (Å²) in [6.07, 6.45) is 4.07. The van der Waals surface area contributed by atoms with Crippen molar-refractivity contribution in [2.24, 2.45) is 0 Å². The Bertz CT molecular complexity index is 1940. The van der Waals surface area contributed by atoms with Gasteiger partial charge in [0.2, 0.25) is 0 Å². The van der Waals surface area contributed by atoms with Gasteiger partial charge >= 0.3 is 0 Å². The van der Waals surface area contributed by atoms with Gasteiger partial charge in [-0.1, -0.05) is 96.1 Å². The third-order valence-electron chi connectivity index (χ3n) is 8.49. The van der Waals surface area contributed by atoms with Gasteiger partial charge in [-0.15, -0.1) is 0 Å². The van der Waals surface area contributed by atoms with Crippen LogP contribution in [0, 0.1) is 13.8 Å². The van der Waals surface area contributed by atoms with E-state index in [1.54, 1.807) is 0 Å². The van der Waals surface area contributed by atoms with Crippen LogP contribution in [0.1, 0.15) is 33.4 Å². The van der Waals surface area contributed by atoms with E-state index in [0.29, 0.717) is 0 Å². The van der Waals surface area contributed by atoms with Crippen LogP contribution in [0.3, 0.4) is 0 Å². The van der Waals surface area contributed by atoms with Crippen LogP contribution in [0.5, 0.6) is 0 Å². The molecule has 2 heteroatoms. The highest BCUT2D eigenvalue weighted by atomic mass is 14.7. The van der Waals surface area contributed by atoms with Gasteiger partial charge in [0.1, 0.15) is 0 Å². The summed E-state index contributed by atoms with van der Waals surface area (Å²) < 4.78 is 0. The molecule has 0 bridgehead atoms. The van der Waals surface area contributed by atoms with Crippen molar-refractivity contribution in [3.05, 3.63) is 167 Å². The van der Waals surface area contributed by atoms with Gasteiger partial charge in [-0.3, -0.25) is 0 Å². The summed E-state index contributed by atoms with van der Waals surface area (Å²) >= 11 is 0. The molecule has 7 aromatic rings. The summed E-state index contributed by atoms with van der Waals surface area (Å²) in [5.41, 5.74) is 14.5. The van der Waals surface area contributed by atoms with E-state index < -0.39 is 0 Å². The van der Waals surface area contributed by atoms with Crippen molar-refractivity contribution in [2.45, 2.75) is 39.5 Å². The molecule has 0 atom stereocenters. The van der Waals surface area contributed by atoms with E-state index in [9.17, 15) is 0 Å². The van der Waals surface area contributed by atoms with E-state index >= 15 is 0 Å². The van der Waals surface area contributed by atoms with Gasteiger partial charge < -0.3 is 0 Å². The number of benzene rings is 5. The van der Waals surface area contributed by atoms with Crippen LogP contribution >= 0.6 is 0 Å². The maximum Gasteiger partial charge on any atom is 0.0709 e. The van der Waals surface area contributed by atoms with E-state index in [-0.39, 0.29) is 0 Å². The molecule has 0 radical (unpaired) electrons. The van der Waals surface area contributed by atoms with Crippen molar-refractivity contribution in [1.29, 1.82) is 0 Å².